The number of sulfonamides is 1. The van der Waals surface area contributed by atoms with E-state index in [0.717, 1.165) is 53.1 Å². The number of rotatable bonds is 13. The van der Waals surface area contributed by atoms with Crippen LogP contribution < -0.4 is 14.4 Å². The molecule has 0 radical (unpaired) electrons. The number of nitrogens with one attached hydrogen (secondary N) is 1. The fourth-order valence-electron chi connectivity index (χ4n) is 6.25. The Balaban J connectivity index is 1.61. The number of hydrogen-bond acceptors (Lipinski definition) is 5. The maximum atomic E-state index is 15.2. The zero-order valence-corrected chi connectivity index (χ0v) is 29.1. The van der Waals surface area contributed by atoms with Gasteiger partial charge in [-0.15, -0.1) is 0 Å². The predicted octanol–water partition coefficient (Wildman–Crippen LogP) is 6.74. The highest BCUT2D eigenvalue weighted by Crippen LogP contribution is 2.34. The van der Waals surface area contributed by atoms with E-state index >= 15 is 4.39 Å². The number of amides is 2. The van der Waals surface area contributed by atoms with E-state index in [9.17, 15) is 18.0 Å². The number of methoxy groups -OCH3 is 1. The van der Waals surface area contributed by atoms with Gasteiger partial charge in [-0.25, -0.2) is 12.8 Å². The quantitative estimate of drug-likeness (QED) is 0.168. The molecule has 1 N–H and O–H groups in total. The summed E-state index contributed by atoms with van der Waals surface area (Å²) in [5, 5.41) is 3.17. The van der Waals surface area contributed by atoms with Crippen LogP contribution in [0.25, 0.3) is 0 Å². The summed E-state index contributed by atoms with van der Waals surface area (Å²) in [6, 6.07) is 25.8. The summed E-state index contributed by atoms with van der Waals surface area (Å²) < 4.78 is 50.7. The number of ether oxygens (including phenoxy) is 1. The normalized spacial score (nSPS) is 14.1. The molecule has 1 aliphatic rings. The molecule has 0 aliphatic heterocycles. The van der Waals surface area contributed by atoms with Crippen LogP contribution in [0.15, 0.2) is 102 Å². The number of anilines is 1. The molecule has 5 rings (SSSR count). The molecule has 49 heavy (non-hydrogen) atoms. The molecule has 0 saturated heterocycles. The topological polar surface area (TPSA) is 96.0 Å². The number of halogens is 1. The summed E-state index contributed by atoms with van der Waals surface area (Å²) in [5.41, 5.74) is 2.82. The fraction of sp³-hybridized carbons (Fsp3) is 0.333. The lowest BCUT2D eigenvalue weighted by atomic mass is 9.94. The van der Waals surface area contributed by atoms with Gasteiger partial charge in [0, 0.05) is 24.6 Å². The second kappa shape index (κ2) is 16.1. The first-order valence-corrected chi connectivity index (χ1v) is 18.1. The van der Waals surface area contributed by atoms with Crippen molar-refractivity contribution in [1.82, 2.24) is 10.2 Å². The maximum Gasteiger partial charge on any atom is 0.264 e. The molecule has 258 valence electrons. The van der Waals surface area contributed by atoms with Crippen molar-refractivity contribution in [3.8, 4) is 5.75 Å². The number of carbonyl (C=O) groups excluding carboxylic acids is 2. The Kier molecular flexibility index (Phi) is 11.7. The first kappa shape index (κ1) is 35.6. The summed E-state index contributed by atoms with van der Waals surface area (Å²) in [4.78, 5) is 30.3. The molecule has 1 atom stereocenters. The van der Waals surface area contributed by atoms with Gasteiger partial charge in [-0.3, -0.25) is 13.9 Å². The first-order valence-electron chi connectivity index (χ1n) is 16.7. The van der Waals surface area contributed by atoms with Crippen molar-refractivity contribution in [2.45, 2.75) is 75.9 Å². The maximum absolute atomic E-state index is 15.2. The van der Waals surface area contributed by atoms with E-state index in [1.54, 1.807) is 48.5 Å². The van der Waals surface area contributed by atoms with Gasteiger partial charge in [0.05, 0.1) is 17.7 Å². The molecule has 10 heteroatoms. The van der Waals surface area contributed by atoms with Gasteiger partial charge in [0.1, 0.15) is 24.2 Å². The van der Waals surface area contributed by atoms with Crippen LogP contribution in [-0.2, 0) is 32.6 Å². The van der Waals surface area contributed by atoms with Crippen LogP contribution in [0.5, 0.6) is 5.75 Å². The molecule has 0 spiro atoms. The highest BCUT2D eigenvalue weighted by Gasteiger charge is 2.36. The van der Waals surface area contributed by atoms with Crippen molar-refractivity contribution in [3.63, 3.8) is 0 Å². The van der Waals surface area contributed by atoms with Crippen LogP contribution in [0.3, 0.4) is 0 Å². The predicted molar refractivity (Wildman–Crippen MR) is 189 cm³/mol. The summed E-state index contributed by atoms with van der Waals surface area (Å²) in [6.45, 7) is 2.77. The smallest absolute Gasteiger partial charge is 0.264 e. The van der Waals surface area contributed by atoms with E-state index in [4.69, 9.17) is 4.74 Å². The van der Waals surface area contributed by atoms with E-state index in [0.29, 0.717) is 0 Å². The van der Waals surface area contributed by atoms with Gasteiger partial charge in [-0.1, -0.05) is 91.6 Å². The van der Waals surface area contributed by atoms with Gasteiger partial charge < -0.3 is 15.0 Å². The van der Waals surface area contributed by atoms with Crippen molar-refractivity contribution < 1.29 is 27.1 Å². The van der Waals surface area contributed by atoms with Crippen LogP contribution in [0.4, 0.5) is 10.1 Å². The van der Waals surface area contributed by atoms with Crippen LogP contribution in [0.2, 0.25) is 0 Å². The highest BCUT2D eigenvalue weighted by atomic mass is 32.2. The molecule has 1 aliphatic carbocycles. The van der Waals surface area contributed by atoms with Crippen LogP contribution in [-0.4, -0.2) is 50.9 Å². The molecule has 4 aromatic rings. The Morgan fingerprint density at radius 1 is 0.878 bits per heavy atom. The SMILES string of the molecule is COc1ccc(C)cc1N(CC(=O)N(Cc1ccccc1F)C(Cc1ccccc1)C(=O)NC1CCCCC1)S(=O)(=O)c1ccc(C)cc1. The van der Waals surface area contributed by atoms with Crippen molar-refractivity contribution in [1.29, 1.82) is 0 Å². The third kappa shape index (κ3) is 8.86. The Morgan fingerprint density at radius 2 is 1.53 bits per heavy atom. The van der Waals surface area contributed by atoms with Crippen LogP contribution in [0, 0.1) is 19.7 Å². The lowest BCUT2D eigenvalue weighted by Gasteiger charge is -2.35. The fourth-order valence-corrected chi connectivity index (χ4v) is 7.67. The molecule has 0 heterocycles. The number of benzene rings is 4. The second-order valence-corrected chi connectivity index (χ2v) is 14.5. The van der Waals surface area contributed by atoms with Gasteiger partial charge in [0.15, 0.2) is 0 Å². The standard InChI is InChI=1S/C39H44FN3O5S/c1-28-18-21-33(22-19-28)49(46,47)43(35-24-29(2)20-23-37(35)48-3)27-38(44)42(26-31-14-10-11-17-34(31)40)36(25-30-12-6-4-7-13-30)39(45)41-32-15-8-5-9-16-32/h4,6-7,10-14,17-24,32,36H,5,8-9,15-16,25-27H2,1-3H3,(H,41,45). The molecule has 0 bridgehead atoms. The van der Waals surface area contributed by atoms with Crippen molar-refractivity contribution in [2.75, 3.05) is 18.0 Å². The Hall–Kier alpha value is -4.70. The monoisotopic (exact) mass is 685 g/mol. The summed E-state index contributed by atoms with van der Waals surface area (Å²) in [6.07, 6.45) is 4.91. The minimum Gasteiger partial charge on any atom is -0.495 e. The van der Waals surface area contributed by atoms with Gasteiger partial charge in [-0.2, -0.15) is 0 Å². The van der Waals surface area contributed by atoms with Gasteiger partial charge >= 0.3 is 0 Å². The van der Waals surface area contributed by atoms with E-state index in [1.807, 2.05) is 44.2 Å². The summed E-state index contributed by atoms with van der Waals surface area (Å²) in [5.74, 6) is -1.30. The first-order chi connectivity index (χ1) is 23.6. The Labute approximate surface area is 289 Å². The van der Waals surface area contributed by atoms with Gasteiger partial charge in [-0.05, 0) is 68.1 Å². The molecular weight excluding hydrogens is 642 g/mol. The number of aryl methyl sites for hydroxylation is 2. The molecule has 1 fully saturated rings. The number of carbonyl (C=O) groups is 2. The molecule has 1 unspecified atom stereocenters. The lowest BCUT2D eigenvalue weighted by Crippen LogP contribution is -2.55. The lowest BCUT2D eigenvalue weighted by molar-refractivity contribution is -0.140. The van der Waals surface area contributed by atoms with Crippen molar-refractivity contribution >= 4 is 27.5 Å². The molecular formula is C39H44FN3O5S. The van der Waals surface area contributed by atoms with Crippen LogP contribution >= 0.6 is 0 Å². The van der Waals surface area contributed by atoms with E-state index in [1.165, 1.54) is 30.2 Å². The average molecular weight is 686 g/mol. The van der Waals surface area contributed by atoms with Gasteiger partial charge in [0.2, 0.25) is 11.8 Å². The number of nitrogens with zero attached hydrogens (tertiary/aromatic N) is 2. The Bertz CT molecular complexity index is 1840. The molecule has 0 aromatic heterocycles. The zero-order valence-electron chi connectivity index (χ0n) is 28.3. The molecule has 4 aromatic carbocycles. The van der Waals surface area contributed by atoms with Crippen LogP contribution in [0.1, 0.15) is 54.4 Å². The van der Waals surface area contributed by atoms with E-state index in [2.05, 4.69) is 5.32 Å². The molecule has 1 saturated carbocycles. The zero-order chi connectivity index (χ0) is 35.0. The molecule has 8 nitrogen and oxygen atoms in total. The largest absolute Gasteiger partial charge is 0.495 e. The van der Waals surface area contributed by atoms with Crippen molar-refractivity contribution in [2.24, 2.45) is 0 Å². The number of hydrogen-bond donors (Lipinski definition) is 1. The molecule has 2 amide bonds. The summed E-state index contributed by atoms with van der Waals surface area (Å²) >= 11 is 0. The average Bonchev–Trinajstić information content (AvgIpc) is 3.10. The van der Waals surface area contributed by atoms with E-state index in [-0.39, 0.29) is 46.8 Å². The minimum absolute atomic E-state index is 0.00834. The summed E-state index contributed by atoms with van der Waals surface area (Å²) in [7, 11) is -2.89. The van der Waals surface area contributed by atoms with E-state index < -0.39 is 34.3 Å². The van der Waals surface area contributed by atoms with Gasteiger partial charge in [0.25, 0.3) is 10.0 Å². The minimum atomic E-state index is -4.33. The second-order valence-electron chi connectivity index (χ2n) is 12.7. The third-order valence-electron chi connectivity index (χ3n) is 9.01. The Morgan fingerprint density at radius 3 is 2.20 bits per heavy atom. The third-order valence-corrected chi connectivity index (χ3v) is 10.8. The highest BCUT2D eigenvalue weighted by molar-refractivity contribution is 7.92. The van der Waals surface area contributed by atoms with Crippen molar-refractivity contribution in [3.05, 3.63) is 125 Å².